The first-order valence-electron chi connectivity index (χ1n) is 10.4. The highest BCUT2D eigenvalue weighted by atomic mass is 32.1. The van der Waals surface area contributed by atoms with Gasteiger partial charge in [0.1, 0.15) is 11.8 Å². The maximum atomic E-state index is 13.6. The fraction of sp³-hybridized carbons (Fsp3) is 0.545. The van der Waals surface area contributed by atoms with Crippen molar-refractivity contribution >= 4 is 23.3 Å². The van der Waals surface area contributed by atoms with Crippen LogP contribution in [0.1, 0.15) is 75.0 Å². The van der Waals surface area contributed by atoms with Crippen LogP contribution in [0, 0.1) is 0 Å². The Morgan fingerprint density at radius 3 is 2.67 bits per heavy atom. The fourth-order valence-corrected chi connectivity index (χ4v) is 4.24. The average Bonchev–Trinajstić information content (AvgIpc) is 3.45. The van der Waals surface area contributed by atoms with Gasteiger partial charge in [-0.3, -0.25) is 9.59 Å². The lowest BCUT2D eigenvalue weighted by atomic mass is 9.97. The highest BCUT2D eigenvalue weighted by molar-refractivity contribution is 7.03. The van der Waals surface area contributed by atoms with Gasteiger partial charge in [-0.05, 0) is 62.3 Å². The van der Waals surface area contributed by atoms with E-state index in [1.807, 2.05) is 45.0 Å². The zero-order valence-corrected chi connectivity index (χ0v) is 18.9. The summed E-state index contributed by atoms with van der Waals surface area (Å²) in [5, 5.41) is 8.77. The van der Waals surface area contributed by atoms with E-state index in [-0.39, 0.29) is 29.1 Å². The molecule has 1 aromatic carbocycles. The maximum Gasteiger partial charge on any atom is 0.276 e. The second kappa shape index (κ2) is 9.55. The van der Waals surface area contributed by atoms with Crippen LogP contribution in [0.4, 0.5) is 0 Å². The number of methoxy groups -OCH3 is 1. The maximum absolute atomic E-state index is 13.6. The molecule has 1 heterocycles. The number of aromatic nitrogens is 2. The van der Waals surface area contributed by atoms with Crippen LogP contribution in [-0.2, 0) is 4.79 Å². The molecule has 1 aliphatic carbocycles. The third-order valence-corrected chi connectivity index (χ3v) is 6.32. The summed E-state index contributed by atoms with van der Waals surface area (Å²) in [6.07, 6.45) is 4.59. The van der Waals surface area contributed by atoms with Gasteiger partial charge in [0.15, 0.2) is 5.69 Å². The van der Waals surface area contributed by atoms with Crippen LogP contribution in [0.5, 0.6) is 5.75 Å². The normalized spacial score (nSPS) is 15.6. The molecule has 1 N–H and O–H groups in total. The summed E-state index contributed by atoms with van der Waals surface area (Å²) >= 11 is 1.13. The summed E-state index contributed by atoms with van der Waals surface area (Å²) < 4.78 is 9.24. The molecule has 1 atom stereocenters. The monoisotopic (exact) mass is 430 g/mol. The van der Waals surface area contributed by atoms with E-state index in [0.717, 1.165) is 49.2 Å². The second-order valence-electron chi connectivity index (χ2n) is 8.35. The minimum absolute atomic E-state index is 0.0223. The number of rotatable bonds is 8. The Hall–Kier alpha value is -2.48. The van der Waals surface area contributed by atoms with Gasteiger partial charge in [-0.2, -0.15) is 0 Å². The zero-order valence-electron chi connectivity index (χ0n) is 18.1. The van der Waals surface area contributed by atoms with E-state index in [9.17, 15) is 9.59 Å². The average molecular weight is 431 g/mol. The van der Waals surface area contributed by atoms with Gasteiger partial charge in [-0.15, -0.1) is 5.10 Å². The van der Waals surface area contributed by atoms with E-state index in [2.05, 4.69) is 14.9 Å². The molecule has 8 heteroatoms. The lowest BCUT2D eigenvalue weighted by Gasteiger charge is -2.37. The van der Waals surface area contributed by atoms with E-state index in [4.69, 9.17) is 4.74 Å². The summed E-state index contributed by atoms with van der Waals surface area (Å²) in [7, 11) is 1.59. The molecule has 1 fully saturated rings. The third-order valence-electron chi connectivity index (χ3n) is 5.81. The Bertz CT molecular complexity index is 863. The highest BCUT2D eigenvalue weighted by Crippen LogP contribution is 2.34. The van der Waals surface area contributed by atoms with Gasteiger partial charge in [0, 0.05) is 17.0 Å². The van der Waals surface area contributed by atoms with Crippen LogP contribution in [0.3, 0.4) is 0 Å². The highest BCUT2D eigenvalue weighted by Gasteiger charge is 2.40. The molecule has 1 saturated carbocycles. The van der Waals surface area contributed by atoms with Gasteiger partial charge < -0.3 is 15.0 Å². The minimum Gasteiger partial charge on any atom is -0.497 e. The third kappa shape index (κ3) is 4.98. The van der Waals surface area contributed by atoms with Gasteiger partial charge >= 0.3 is 0 Å². The van der Waals surface area contributed by atoms with Gasteiger partial charge in [0.05, 0.1) is 7.11 Å². The molecule has 1 aromatic heterocycles. The molecule has 30 heavy (non-hydrogen) atoms. The SMILES string of the molecule is CCC(C)(C)NC(=O)[C@@H](c1cccc(OC)c1)N(C(=O)c1csnn1)C1CCCC1. The molecule has 0 aliphatic heterocycles. The quantitative estimate of drug-likeness (QED) is 0.685. The molecule has 0 radical (unpaired) electrons. The van der Waals surface area contributed by atoms with Gasteiger partial charge in [0.2, 0.25) is 5.91 Å². The molecule has 2 aromatic rings. The molecule has 7 nitrogen and oxygen atoms in total. The Balaban J connectivity index is 2.08. The number of carbonyl (C=O) groups excluding carboxylic acids is 2. The van der Waals surface area contributed by atoms with Crippen LogP contribution < -0.4 is 10.1 Å². The molecule has 3 rings (SSSR count). The van der Waals surface area contributed by atoms with Crippen LogP contribution in [0.2, 0.25) is 0 Å². The number of benzene rings is 1. The molecular weight excluding hydrogens is 400 g/mol. The Morgan fingerprint density at radius 1 is 1.33 bits per heavy atom. The topological polar surface area (TPSA) is 84.4 Å². The van der Waals surface area contributed by atoms with Crippen LogP contribution in [0.25, 0.3) is 0 Å². The summed E-state index contributed by atoms with van der Waals surface area (Å²) in [5.41, 5.74) is 0.616. The van der Waals surface area contributed by atoms with Crippen LogP contribution in [0.15, 0.2) is 29.6 Å². The molecule has 162 valence electrons. The number of nitrogens with zero attached hydrogens (tertiary/aromatic N) is 3. The van der Waals surface area contributed by atoms with E-state index in [1.165, 1.54) is 0 Å². The molecule has 0 spiro atoms. The summed E-state index contributed by atoms with van der Waals surface area (Å²) in [4.78, 5) is 28.9. The standard InChI is InChI=1S/C22H30N4O3S/c1-5-22(2,3)23-20(27)19(15-9-8-12-17(13-15)29-4)26(16-10-6-7-11-16)21(28)18-14-30-25-24-18/h8-9,12-14,16,19H,5-7,10-11H2,1-4H3,(H,23,27)/t19-/m1/s1. The van der Waals surface area contributed by atoms with Crippen molar-refractivity contribution in [2.45, 2.75) is 70.5 Å². The van der Waals surface area contributed by atoms with Crippen molar-refractivity contribution in [3.63, 3.8) is 0 Å². The number of carbonyl (C=O) groups is 2. The first kappa shape index (κ1) is 22.2. The first-order valence-corrected chi connectivity index (χ1v) is 11.3. The molecule has 0 unspecified atom stereocenters. The van der Waals surface area contributed by atoms with Crippen molar-refractivity contribution in [2.24, 2.45) is 0 Å². The Kier molecular flexibility index (Phi) is 7.07. The van der Waals surface area contributed by atoms with Crippen molar-refractivity contribution in [1.29, 1.82) is 0 Å². The van der Waals surface area contributed by atoms with Gasteiger partial charge in [-0.1, -0.05) is 36.4 Å². The lowest BCUT2D eigenvalue weighted by Crippen LogP contribution is -2.52. The van der Waals surface area contributed by atoms with Crippen LogP contribution >= 0.6 is 11.5 Å². The Labute approximate surface area is 182 Å². The van der Waals surface area contributed by atoms with Gasteiger partial charge in [0.25, 0.3) is 5.91 Å². The smallest absolute Gasteiger partial charge is 0.276 e. The van der Waals surface area contributed by atoms with E-state index >= 15 is 0 Å². The number of hydrogen-bond donors (Lipinski definition) is 1. The first-order chi connectivity index (χ1) is 14.4. The van der Waals surface area contributed by atoms with Crippen molar-refractivity contribution in [3.8, 4) is 5.75 Å². The number of hydrogen-bond acceptors (Lipinski definition) is 6. The molecule has 0 bridgehead atoms. The van der Waals surface area contributed by atoms with Crippen LogP contribution in [-0.4, -0.2) is 45.0 Å². The van der Waals surface area contributed by atoms with Crippen molar-refractivity contribution < 1.29 is 14.3 Å². The summed E-state index contributed by atoms with van der Waals surface area (Å²) in [5.74, 6) is 0.195. The minimum atomic E-state index is -0.775. The molecule has 0 saturated heterocycles. The summed E-state index contributed by atoms with van der Waals surface area (Å²) in [6.45, 7) is 6.00. The van der Waals surface area contributed by atoms with Gasteiger partial charge in [-0.25, -0.2) is 0 Å². The zero-order chi connectivity index (χ0) is 21.7. The predicted molar refractivity (Wildman–Crippen MR) is 117 cm³/mol. The lowest BCUT2D eigenvalue weighted by molar-refractivity contribution is -0.128. The van der Waals surface area contributed by atoms with Crippen molar-refractivity contribution in [3.05, 3.63) is 40.9 Å². The largest absolute Gasteiger partial charge is 0.497 e. The fourth-order valence-electron chi connectivity index (χ4n) is 3.81. The molecule has 1 aliphatic rings. The molecule has 2 amide bonds. The Morgan fingerprint density at radius 2 is 2.07 bits per heavy atom. The van der Waals surface area contributed by atoms with E-state index in [1.54, 1.807) is 17.4 Å². The number of amides is 2. The van der Waals surface area contributed by atoms with E-state index < -0.39 is 6.04 Å². The summed E-state index contributed by atoms with van der Waals surface area (Å²) in [6, 6.07) is 6.59. The van der Waals surface area contributed by atoms with Crippen molar-refractivity contribution in [1.82, 2.24) is 19.8 Å². The molecular formula is C22H30N4O3S. The number of nitrogens with one attached hydrogen (secondary N) is 1. The predicted octanol–water partition coefficient (Wildman–Crippen LogP) is 3.98. The van der Waals surface area contributed by atoms with E-state index in [0.29, 0.717) is 5.75 Å². The second-order valence-corrected chi connectivity index (χ2v) is 8.96. The van der Waals surface area contributed by atoms with Crippen molar-refractivity contribution in [2.75, 3.05) is 7.11 Å². The number of ether oxygens (including phenoxy) is 1.